The third-order valence-corrected chi connectivity index (χ3v) is 3.11. The van der Waals surface area contributed by atoms with Gasteiger partial charge in [-0.1, -0.05) is 17.7 Å². The second-order valence-electron chi connectivity index (χ2n) is 4.35. The number of halogens is 1. The molecule has 1 amide bonds. The van der Waals surface area contributed by atoms with Gasteiger partial charge < -0.3 is 11.1 Å². The molecular weight excluding hydrogens is 274 g/mol. The zero-order valence-electron chi connectivity index (χ0n) is 10.8. The van der Waals surface area contributed by atoms with Gasteiger partial charge in [0, 0.05) is 0 Å². The molecule has 0 saturated heterocycles. The number of benzene rings is 2. The van der Waals surface area contributed by atoms with E-state index in [9.17, 15) is 4.79 Å². The van der Waals surface area contributed by atoms with E-state index in [0.717, 1.165) is 5.56 Å². The molecule has 2 aromatic carbocycles. The predicted octanol–water partition coefficient (Wildman–Crippen LogP) is 3.35. The van der Waals surface area contributed by atoms with Crippen LogP contribution in [0.5, 0.6) is 0 Å². The summed E-state index contributed by atoms with van der Waals surface area (Å²) in [5.74, 6) is -0.341. The van der Waals surface area contributed by atoms with Crippen LogP contribution in [0.2, 0.25) is 5.02 Å². The van der Waals surface area contributed by atoms with Crippen LogP contribution >= 0.6 is 11.6 Å². The summed E-state index contributed by atoms with van der Waals surface area (Å²) in [6, 6.07) is 11.9. The molecule has 0 bridgehead atoms. The summed E-state index contributed by atoms with van der Waals surface area (Å²) in [5, 5.41) is 11.8. The predicted molar refractivity (Wildman–Crippen MR) is 79.7 cm³/mol. The molecule has 2 rings (SSSR count). The van der Waals surface area contributed by atoms with Crippen LogP contribution in [-0.2, 0) is 0 Å². The maximum absolute atomic E-state index is 12.1. The fraction of sp³-hybridized carbons (Fsp3) is 0.0667. The number of nitrogens with zero attached hydrogens (tertiary/aromatic N) is 1. The molecule has 0 aliphatic heterocycles. The Morgan fingerprint density at radius 3 is 2.65 bits per heavy atom. The average molecular weight is 286 g/mol. The number of nitrogens with one attached hydrogen (secondary N) is 1. The van der Waals surface area contributed by atoms with Gasteiger partial charge in [0.1, 0.15) is 0 Å². The molecule has 0 radical (unpaired) electrons. The SMILES string of the molecule is Cc1ccc(C(=O)Nc2ccc(C#N)cc2N)c(Cl)c1. The van der Waals surface area contributed by atoms with Crippen molar-refractivity contribution in [2.24, 2.45) is 0 Å². The standard InChI is InChI=1S/C15H12ClN3O/c1-9-2-4-11(12(16)6-9)15(20)19-14-5-3-10(8-17)7-13(14)18/h2-7H,18H2,1H3,(H,19,20). The van der Waals surface area contributed by atoms with Crippen molar-refractivity contribution < 1.29 is 4.79 Å². The third-order valence-electron chi connectivity index (χ3n) is 2.80. The van der Waals surface area contributed by atoms with Gasteiger partial charge in [0.15, 0.2) is 0 Å². The smallest absolute Gasteiger partial charge is 0.257 e. The molecule has 20 heavy (non-hydrogen) atoms. The fourth-order valence-corrected chi connectivity index (χ4v) is 2.06. The van der Waals surface area contributed by atoms with Gasteiger partial charge in [-0.3, -0.25) is 4.79 Å². The number of nitriles is 1. The number of hydrogen-bond acceptors (Lipinski definition) is 3. The van der Waals surface area contributed by atoms with Gasteiger partial charge in [-0.25, -0.2) is 0 Å². The Labute approximate surface area is 121 Å². The second-order valence-corrected chi connectivity index (χ2v) is 4.76. The van der Waals surface area contributed by atoms with Gasteiger partial charge in [0.25, 0.3) is 5.91 Å². The van der Waals surface area contributed by atoms with Crippen LogP contribution in [0, 0.1) is 18.3 Å². The molecule has 0 aromatic heterocycles. The molecule has 3 N–H and O–H groups in total. The highest BCUT2D eigenvalue weighted by Crippen LogP contribution is 2.23. The van der Waals surface area contributed by atoms with E-state index in [1.54, 1.807) is 24.3 Å². The van der Waals surface area contributed by atoms with Crippen molar-refractivity contribution in [2.45, 2.75) is 6.92 Å². The lowest BCUT2D eigenvalue weighted by molar-refractivity contribution is 0.102. The molecule has 0 fully saturated rings. The Hall–Kier alpha value is -2.51. The summed E-state index contributed by atoms with van der Waals surface area (Å²) in [6.45, 7) is 1.90. The van der Waals surface area contributed by atoms with Crippen LogP contribution in [0.3, 0.4) is 0 Å². The number of aryl methyl sites for hydroxylation is 1. The van der Waals surface area contributed by atoms with Gasteiger partial charge in [0.05, 0.1) is 33.6 Å². The normalized spacial score (nSPS) is 9.85. The molecule has 0 heterocycles. The lowest BCUT2D eigenvalue weighted by Gasteiger charge is -2.09. The topological polar surface area (TPSA) is 78.9 Å². The van der Waals surface area contributed by atoms with Crippen LogP contribution in [-0.4, -0.2) is 5.91 Å². The molecule has 4 nitrogen and oxygen atoms in total. The minimum atomic E-state index is -0.341. The number of carbonyl (C=O) groups excluding carboxylic acids is 1. The summed E-state index contributed by atoms with van der Waals surface area (Å²) < 4.78 is 0. The highest BCUT2D eigenvalue weighted by molar-refractivity contribution is 6.34. The number of carbonyl (C=O) groups is 1. The summed E-state index contributed by atoms with van der Waals surface area (Å²) in [5.41, 5.74) is 8.36. The Morgan fingerprint density at radius 1 is 1.30 bits per heavy atom. The van der Waals surface area contributed by atoms with Crippen LogP contribution < -0.4 is 11.1 Å². The largest absolute Gasteiger partial charge is 0.397 e. The number of nitrogens with two attached hydrogens (primary N) is 1. The lowest BCUT2D eigenvalue weighted by Crippen LogP contribution is -2.13. The first kappa shape index (κ1) is 13.9. The zero-order chi connectivity index (χ0) is 14.7. The first-order valence-corrected chi connectivity index (χ1v) is 6.26. The van der Waals surface area contributed by atoms with Crippen LogP contribution in [0.25, 0.3) is 0 Å². The number of hydrogen-bond donors (Lipinski definition) is 2. The Morgan fingerprint density at radius 2 is 2.05 bits per heavy atom. The summed E-state index contributed by atoms with van der Waals surface area (Å²) >= 11 is 6.04. The molecule has 2 aromatic rings. The van der Waals surface area contributed by atoms with E-state index in [1.165, 1.54) is 6.07 Å². The van der Waals surface area contributed by atoms with Gasteiger partial charge >= 0.3 is 0 Å². The van der Waals surface area contributed by atoms with Crippen molar-refractivity contribution in [1.82, 2.24) is 0 Å². The van der Waals surface area contributed by atoms with E-state index in [-0.39, 0.29) is 5.91 Å². The summed E-state index contributed by atoms with van der Waals surface area (Å²) in [7, 11) is 0. The summed E-state index contributed by atoms with van der Waals surface area (Å²) in [6.07, 6.45) is 0. The van der Waals surface area contributed by atoms with Crippen molar-refractivity contribution in [1.29, 1.82) is 5.26 Å². The van der Waals surface area contributed by atoms with E-state index in [0.29, 0.717) is 27.5 Å². The lowest BCUT2D eigenvalue weighted by atomic mass is 10.1. The average Bonchev–Trinajstić information content (AvgIpc) is 2.40. The van der Waals surface area contributed by atoms with Crippen molar-refractivity contribution in [2.75, 3.05) is 11.1 Å². The highest BCUT2D eigenvalue weighted by atomic mass is 35.5. The first-order chi connectivity index (χ1) is 9.51. The minimum absolute atomic E-state index is 0.334. The summed E-state index contributed by atoms with van der Waals surface area (Å²) in [4.78, 5) is 12.1. The molecule has 0 aliphatic carbocycles. The molecule has 5 heteroatoms. The van der Waals surface area contributed by atoms with Crippen molar-refractivity contribution >= 4 is 28.9 Å². The van der Waals surface area contributed by atoms with E-state index >= 15 is 0 Å². The molecule has 0 saturated carbocycles. The van der Waals surface area contributed by atoms with Crippen molar-refractivity contribution in [3.8, 4) is 6.07 Å². The van der Waals surface area contributed by atoms with Crippen molar-refractivity contribution in [3.05, 3.63) is 58.1 Å². The second kappa shape index (κ2) is 5.64. The van der Waals surface area contributed by atoms with E-state index in [2.05, 4.69) is 5.32 Å². The van der Waals surface area contributed by atoms with E-state index < -0.39 is 0 Å². The van der Waals surface area contributed by atoms with Gasteiger partial charge in [-0.05, 0) is 42.8 Å². The zero-order valence-corrected chi connectivity index (χ0v) is 11.5. The number of amides is 1. The van der Waals surface area contributed by atoms with Gasteiger partial charge in [-0.2, -0.15) is 5.26 Å². The van der Waals surface area contributed by atoms with E-state index in [4.69, 9.17) is 22.6 Å². The highest BCUT2D eigenvalue weighted by Gasteiger charge is 2.12. The third kappa shape index (κ3) is 2.90. The first-order valence-electron chi connectivity index (χ1n) is 5.88. The Balaban J connectivity index is 2.26. The molecule has 100 valence electrons. The van der Waals surface area contributed by atoms with Gasteiger partial charge in [-0.15, -0.1) is 0 Å². The Kier molecular flexibility index (Phi) is 3.92. The quantitative estimate of drug-likeness (QED) is 0.831. The maximum atomic E-state index is 12.1. The number of nitrogen functional groups attached to an aromatic ring is 1. The molecule has 0 spiro atoms. The number of rotatable bonds is 2. The molecular formula is C15H12ClN3O. The van der Waals surface area contributed by atoms with Crippen molar-refractivity contribution in [3.63, 3.8) is 0 Å². The number of anilines is 2. The van der Waals surface area contributed by atoms with Crippen LogP contribution in [0.4, 0.5) is 11.4 Å². The minimum Gasteiger partial charge on any atom is -0.397 e. The molecule has 0 unspecified atom stereocenters. The Bertz CT molecular complexity index is 720. The molecule has 0 atom stereocenters. The van der Waals surface area contributed by atoms with E-state index in [1.807, 2.05) is 19.1 Å². The molecule has 0 aliphatic rings. The fourth-order valence-electron chi connectivity index (χ4n) is 1.74. The maximum Gasteiger partial charge on any atom is 0.257 e. The van der Waals surface area contributed by atoms with Crippen LogP contribution in [0.15, 0.2) is 36.4 Å². The van der Waals surface area contributed by atoms with Crippen LogP contribution in [0.1, 0.15) is 21.5 Å². The van der Waals surface area contributed by atoms with Gasteiger partial charge in [0.2, 0.25) is 0 Å². The monoisotopic (exact) mass is 285 g/mol.